The Morgan fingerprint density at radius 1 is 1.30 bits per heavy atom. The molecule has 1 unspecified atom stereocenters. The van der Waals surface area contributed by atoms with Crippen LogP contribution in [0.25, 0.3) is 0 Å². The fourth-order valence-corrected chi connectivity index (χ4v) is 3.84. The van der Waals surface area contributed by atoms with Gasteiger partial charge in [0.15, 0.2) is 0 Å². The molecule has 0 amide bonds. The normalized spacial score (nSPS) is 19.9. The summed E-state index contributed by atoms with van der Waals surface area (Å²) in [7, 11) is -3.41. The third kappa shape index (κ3) is 4.19. The van der Waals surface area contributed by atoms with Gasteiger partial charge in [-0.15, -0.1) is 11.6 Å². The quantitative estimate of drug-likeness (QED) is 0.849. The number of piperidine rings is 1. The van der Waals surface area contributed by atoms with E-state index in [-0.39, 0.29) is 11.9 Å². The van der Waals surface area contributed by atoms with Gasteiger partial charge >= 0.3 is 0 Å². The summed E-state index contributed by atoms with van der Waals surface area (Å²) in [5.41, 5.74) is 0.920. The van der Waals surface area contributed by atoms with Crippen molar-refractivity contribution in [2.45, 2.75) is 25.1 Å². The van der Waals surface area contributed by atoms with Crippen LogP contribution < -0.4 is 4.72 Å². The van der Waals surface area contributed by atoms with Crippen molar-refractivity contribution in [2.24, 2.45) is 5.92 Å². The Morgan fingerprint density at radius 2 is 1.90 bits per heavy atom. The maximum Gasteiger partial charge on any atom is 0.279 e. The standard InChI is InChI=1S/C14H21ClN2O2S/c1-12-7-9-17(10-8-12)20(18,19)16-11-14(15)13-5-3-2-4-6-13/h2-6,12,14,16H,7-11H2,1H3. The third-order valence-corrected chi connectivity index (χ3v) is 5.67. The number of hydrogen-bond donors (Lipinski definition) is 1. The molecule has 0 saturated carbocycles. The molecule has 0 radical (unpaired) electrons. The molecule has 0 spiro atoms. The number of alkyl halides is 1. The van der Waals surface area contributed by atoms with E-state index in [0.717, 1.165) is 18.4 Å². The summed E-state index contributed by atoms with van der Waals surface area (Å²) in [6.07, 6.45) is 1.84. The van der Waals surface area contributed by atoms with Crippen LogP contribution in [0.2, 0.25) is 0 Å². The molecule has 0 bridgehead atoms. The second-order valence-corrected chi connectivity index (χ2v) is 7.60. The van der Waals surface area contributed by atoms with Gasteiger partial charge in [0.2, 0.25) is 0 Å². The SMILES string of the molecule is CC1CCN(S(=O)(=O)NCC(Cl)c2ccccc2)CC1. The van der Waals surface area contributed by atoms with Gasteiger partial charge in [-0.05, 0) is 24.3 Å². The maximum atomic E-state index is 12.2. The van der Waals surface area contributed by atoms with Gasteiger partial charge in [0.1, 0.15) is 0 Å². The van der Waals surface area contributed by atoms with Crippen molar-refractivity contribution >= 4 is 21.8 Å². The second-order valence-electron chi connectivity index (χ2n) is 5.31. The van der Waals surface area contributed by atoms with Crippen LogP contribution in [0.3, 0.4) is 0 Å². The Kier molecular flexibility index (Phi) is 5.43. The number of rotatable bonds is 5. The van der Waals surface area contributed by atoms with E-state index in [9.17, 15) is 8.42 Å². The Morgan fingerprint density at radius 3 is 2.50 bits per heavy atom. The Hall–Kier alpha value is -0.620. The highest BCUT2D eigenvalue weighted by Gasteiger charge is 2.26. The largest absolute Gasteiger partial charge is 0.279 e. The molecule has 1 aromatic carbocycles. The van der Waals surface area contributed by atoms with Crippen LogP contribution in [0.15, 0.2) is 30.3 Å². The van der Waals surface area contributed by atoms with Crippen molar-refractivity contribution in [3.8, 4) is 0 Å². The average Bonchev–Trinajstić information content (AvgIpc) is 2.46. The molecule has 20 heavy (non-hydrogen) atoms. The van der Waals surface area contributed by atoms with E-state index in [0.29, 0.717) is 19.0 Å². The smallest absolute Gasteiger partial charge is 0.200 e. The van der Waals surface area contributed by atoms with E-state index in [1.807, 2.05) is 30.3 Å². The van der Waals surface area contributed by atoms with Gasteiger partial charge in [-0.3, -0.25) is 0 Å². The molecule has 1 aliphatic rings. The van der Waals surface area contributed by atoms with E-state index in [2.05, 4.69) is 11.6 Å². The summed E-state index contributed by atoms with van der Waals surface area (Å²) in [6.45, 7) is 3.55. The molecule has 0 aliphatic carbocycles. The third-order valence-electron chi connectivity index (χ3n) is 3.69. The molecule has 1 fully saturated rings. The monoisotopic (exact) mass is 316 g/mol. The van der Waals surface area contributed by atoms with E-state index >= 15 is 0 Å². The lowest BCUT2D eigenvalue weighted by Gasteiger charge is -2.29. The van der Waals surface area contributed by atoms with Crippen LogP contribution >= 0.6 is 11.6 Å². The first kappa shape index (κ1) is 15.8. The van der Waals surface area contributed by atoms with Gasteiger partial charge in [-0.1, -0.05) is 37.3 Å². The lowest BCUT2D eigenvalue weighted by molar-refractivity contribution is 0.285. The van der Waals surface area contributed by atoms with Gasteiger partial charge in [-0.2, -0.15) is 12.7 Å². The highest BCUT2D eigenvalue weighted by molar-refractivity contribution is 7.87. The highest BCUT2D eigenvalue weighted by Crippen LogP contribution is 2.21. The zero-order valence-corrected chi connectivity index (χ0v) is 13.2. The lowest BCUT2D eigenvalue weighted by atomic mass is 10.0. The zero-order valence-electron chi connectivity index (χ0n) is 11.6. The van der Waals surface area contributed by atoms with Crippen LogP contribution in [-0.2, 0) is 10.2 Å². The summed E-state index contributed by atoms with van der Waals surface area (Å²) in [5.74, 6) is 0.603. The van der Waals surface area contributed by atoms with Crippen LogP contribution in [0.1, 0.15) is 30.7 Å². The van der Waals surface area contributed by atoms with E-state index in [1.165, 1.54) is 4.31 Å². The summed E-state index contributed by atoms with van der Waals surface area (Å²) in [6, 6.07) is 9.49. The van der Waals surface area contributed by atoms with Crippen LogP contribution in [0.4, 0.5) is 0 Å². The molecule has 6 heteroatoms. The minimum Gasteiger partial charge on any atom is -0.200 e. The van der Waals surface area contributed by atoms with Gasteiger partial charge in [-0.25, -0.2) is 4.72 Å². The van der Waals surface area contributed by atoms with Crippen molar-refractivity contribution < 1.29 is 8.42 Å². The molecule has 1 aromatic rings. The van der Waals surface area contributed by atoms with Gasteiger partial charge in [0.25, 0.3) is 10.2 Å². The van der Waals surface area contributed by atoms with Crippen LogP contribution in [0, 0.1) is 5.92 Å². The summed E-state index contributed by atoms with van der Waals surface area (Å²) in [4.78, 5) is 0. The average molecular weight is 317 g/mol. The molecule has 1 aliphatic heterocycles. The summed E-state index contributed by atoms with van der Waals surface area (Å²) in [5, 5.41) is -0.352. The second kappa shape index (κ2) is 6.89. The van der Waals surface area contributed by atoms with Gasteiger partial charge in [0.05, 0.1) is 5.38 Å². The van der Waals surface area contributed by atoms with E-state index < -0.39 is 10.2 Å². The number of nitrogens with zero attached hydrogens (tertiary/aromatic N) is 1. The fourth-order valence-electron chi connectivity index (χ4n) is 2.27. The Bertz CT molecular complexity index is 513. The molecule has 112 valence electrons. The van der Waals surface area contributed by atoms with E-state index in [1.54, 1.807) is 0 Å². The van der Waals surface area contributed by atoms with Crippen molar-refractivity contribution in [1.29, 1.82) is 0 Å². The number of nitrogens with one attached hydrogen (secondary N) is 1. The summed E-state index contributed by atoms with van der Waals surface area (Å²) >= 11 is 6.23. The van der Waals surface area contributed by atoms with Gasteiger partial charge < -0.3 is 0 Å². The maximum absolute atomic E-state index is 12.2. The van der Waals surface area contributed by atoms with Crippen LogP contribution in [0.5, 0.6) is 0 Å². The van der Waals surface area contributed by atoms with Crippen molar-refractivity contribution in [3.05, 3.63) is 35.9 Å². The number of hydrogen-bond acceptors (Lipinski definition) is 2. The van der Waals surface area contributed by atoms with Crippen molar-refractivity contribution in [2.75, 3.05) is 19.6 Å². The fraction of sp³-hybridized carbons (Fsp3) is 0.571. The molecular formula is C14H21ClN2O2S. The Labute approximate surface area is 126 Å². The summed E-state index contributed by atoms with van der Waals surface area (Å²) < 4.78 is 28.5. The minimum absolute atomic E-state index is 0.208. The highest BCUT2D eigenvalue weighted by atomic mass is 35.5. The molecule has 2 rings (SSSR count). The topological polar surface area (TPSA) is 49.4 Å². The zero-order chi connectivity index (χ0) is 14.6. The predicted octanol–water partition coefficient (Wildman–Crippen LogP) is 2.53. The van der Waals surface area contributed by atoms with Crippen molar-refractivity contribution in [3.63, 3.8) is 0 Å². The lowest BCUT2D eigenvalue weighted by Crippen LogP contribution is -2.45. The molecule has 4 nitrogen and oxygen atoms in total. The van der Waals surface area contributed by atoms with Crippen LogP contribution in [-0.4, -0.2) is 32.4 Å². The van der Waals surface area contributed by atoms with E-state index in [4.69, 9.17) is 11.6 Å². The molecular weight excluding hydrogens is 296 g/mol. The predicted molar refractivity (Wildman–Crippen MR) is 81.9 cm³/mol. The first-order chi connectivity index (χ1) is 9.49. The molecule has 1 atom stereocenters. The van der Waals surface area contributed by atoms with Gasteiger partial charge in [0, 0.05) is 19.6 Å². The molecule has 0 aromatic heterocycles. The first-order valence-electron chi connectivity index (χ1n) is 6.93. The van der Waals surface area contributed by atoms with Crippen molar-refractivity contribution in [1.82, 2.24) is 9.03 Å². The first-order valence-corrected chi connectivity index (χ1v) is 8.80. The molecule has 1 heterocycles. The molecule has 1 N–H and O–H groups in total. The number of halogens is 1. The molecule has 1 saturated heterocycles. The number of benzene rings is 1. The minimum atomic E-state index is -3.41. The Balaban J connectivity index is 1.89.